The minimum absolute atomic E-state index is 0.0308. The maximum absolute atomic E-state index is 13.1. The zero-order chi connectivity index (χ0) is 22.3. The van der Waals surface area contributed by atoms with Crippen molar-refractivity contribution >= 4 is 39.0 Å². The molecule has 0 aliphatic heterocycles. The number of hydrogen-bond donors (Lipinski definition) is 1. The van der Waals surface area contributed by atoms with E-state index in [0.29, 0.717) is 27.9 Å². The molecule has 0 saturated carbocycles. The predicted molar refractivity (Wildman–Crippen MR) is 97.8 cm³/mol. The topological polar surface area (TPSA) is 64.1 Å². The standard InChI is InChI=1S/C18H13F6N3O2S/c1-3-29-16(28)13-8(2)12-14(25-7-26-15(12)30-13)27-11-5-9(17(19,20)21)4-10(6-11)18(22,23)24/h4-7H,3H2,1-2H3,(H,25,26,27). The highest BCUT2D eigenvalue weighted by Crippen LogP contribution is 2.39. The Morgan fingerprint density at radius 2 is 1.67 bits per heavy atom. The predicted octanol–water partition coefficient (Wildman–Crippen LogP) is 5.96. The van der Waals surface area contributed by atoms with Gasteiger partial charge in [-0.25, -0.2) is 14.8 Å². The average molecular weight is 449 g/mol. The van der Waals surface area contributed by atoms with Crippen LogP contribution in [-0.4, -0.2) is 22.5 Å². The number of esters is 1. The summed E-state index contributed by atoms with van der Waals surface area (Å²) >= 11 is 0.986. The summed E-state index contributed by atoms with van der Waals surface area (Å²) in [5.74, 6) is -0.640. The number of alkyl halides is 6. The Hall–Kier alpha value is -2.89. The number of carbonyl (C=O) groups is 1. The summed E-state index contributed by atoms with van der Waals surface area (Å²) in [5.41, 5.74) is -2.97. The van der Waals surface area contributed by atoms with E-state index >= 15 is 0 Å². The summed E-state index contributed by atoms with van der Waals surface area (Å²) in [7, 11) is 0. The average Bonchev–Trinajstić information content (AvgIpc) is 2.98. The van der Waals surface area contributed by atoms with Crippen molar-refractivity contribution in [3.63, 3.8) is 0 Å². The molecule has 0 bridgehead atoms. The summed E-state index contributed by atoms with van der Waals surface area (Å²) in [6.07, 6.45) is -8.87. The van der Waals surface area contributed by atoms with Crippen molar-refractivity contribution in [2.45, 2.75) is 26.2 Å². The van der Waals surface area contributed by atoms with E-state index in [0.717, 1.165) is 17.7 Å². The van der Waals surface area contributed by atoms with E-state index in [9.17, 15) is 31.1 Å². The van der Waals surface area contributed by atoms with Gasteiger partial charge < -0.3 is 10.1 Å². The lowest BCUT2D eigenvalue weighted by molar-refractivity contribution is -0.143. The molecule has 3 rings (SSSR count). The Morgan fingerprint density at radius 3 is 2.20 bits per heavy atom. The molecule has 0 aliphatic carbocycles. The lowest BCUT2D eigenvalue weighted by Gasteiger charge is -2.15. The largest absolute Gasteiger partial charge is 0.462 e. The molecule has 2 heterocycles. The second-order valence-corrected chi connectivity index (χ2v) is 7.10. The summed E-state index contributed by atoms with van der Waals surface area (Å²) in [6.45, 7) is 3.32. The summed E-state index contributed by atoms with van der Waals surface area (Å²) in [4.78, 5) is 20.6. The molecule has 30 heavy (non-hydrogen) atoms. The fourth-order valence-electron chi connectivity index (χ4n) is 2.72. The van der Waals surface area contributed by atoms with Crippen LogP contribution in [0.2, 0.25) is 0 Å². The SMILES string of the molecule is CCOC(=O)c1sc2ncnc(Nc3cc(C(F)(F)F)cc(C(F)(F)F)c3)c2c1C. The van der Waals surface area contributed by atoms with E-state index in [1.165, 1.54) is 0 Å². The number of ether oxygens (including phenoxy) is 1. The fourth-order valence-corrected chi connectivity index (χ4v) is 3.76. The highest BCUT2D eigenvalue weighted by molar-refractivity contribution is 7.20. The van der Waals surface area contributed by atoms with Crippen LogP contribution in [0.15, 0.2) is 24.5 Å². The van der Waals surface area contributed by atoms with Gasteiger partial charge in [-0.1, -0.05) is 0 Å². The molecule has 12 heteroatoms. The Balaban J connectivity index is 2.11. The molecule has 0 unspecified atom stereocenters. The second kappa shape index (κ2) is 7.74. The van der Waals surface area contributed by atoms with E-state index < -0.39 is 35.1 Å². The molecule has 3 aromatic rings. The number of rotatable bonds is 4. The summed E-state index contributed by atoms with van der Waals surface area (Å²) < 4.78 is 83.5. The van der Waals surface area contributed by atoms with Gasteiger partial charge >= 0.3 is 18.3 Å². The van der Waals surface area contributed by atoms with Crippen molar-refractivity contribution in [2.24, 2.45) is 0 Å². The second-order valence-electron chi connectivity index (χ2n) is 6.10. The van der Waals surface area contributed by atoms with E-state index in [2.05, 4.69) is 15.3 Å². The Bertz CT molecular complexity index is 1080. The zero-order valence-electron chi connectivity index (χ0n) is 15.4. The number of aryl methyl sites for hydroxylation is 1. The Kier molecular flexibility index (Phi) is 5.63. The molecule has 0 atom stereocenters. The number of aromatic nitrogens is 2. The number of nitrogens with zero attached hydrogens (tertiary/aromatic N) is 2. The third kappa shape index (κ3) is 4.32. The third-order valence-electron chi connectivity index (χ3n) is 4.04. The minimum atomic E-state index is -4.98. The van der Waals surface area contributed by atoms with Gasteiger partial charge in [-0.05, 0) is 37.6 Å². The van der Waals surface area contributed by atoms with Gasteiger partial charge in [0.15, 0.2) is 0 Å². The number of anilines is 2. The van der Waals surface area contributed by atoms with E-state index in [4.69, 9.17) is 4.74 Å². The first-order chi connectivity index (χ1) is 13.9. The van der Waals surface area contributed by atoms with Crippen LogP contribution in [0, 0.1) is 6.92 Å². The Morgan fingerprint density at radius 1 is 1.07 bits per heavy atom. The minimum Gasteiger partial charge on any atom is -0.462 e. The monoisotopic (exact) mass is 449 g/mol. The van der Waals surface area contributed by atoms with Crippen LogP contribution in [0.4, 0.5) is 37.8 Å². The highest BCUT2D eigenvalue weighted by Gasteiger charge is 2.37. The maximum Gasteiger partial charge on any atom is 0.416 e. The van der Waals surface area contributed by atoms with Crippen molar-refractivity contribution < 1.29 is 35.9 Å². The van der Waals surface area contributed by atoms with Gasteiger partial charge in [0.1, 0.15) is 21.9 Å². The fraction of sp³-hybridized carbons (Fsp3) is 0.278. The quantitative estimate of drug-likeness (QED) is 0.394. The van der Waals surface area contributed by atoms with Gasteiger partial charge in [-0.15, -0.1) is 11.3 Å². The Labute approximate surface area is 169 Å². The molecule has 0 aliphatic rings. The van der Waals surface area contributed by atoms with Crippen molar-refractivity contribution in [3.05, 3.63) is 46.1 Å². The van der Waals surface area contributed by atoms with Crippen LogP contribution in [-0.2, 0) is 17.1 Å². The smallest absolute Gasteiger partial charge is 0.416 e. The van der Waals surface area contributed by atoms with Gasteiger partial charge in [0, 0.05) is 5.69 Å². The molecule has 0 fully saturated rings. The van der Waals surface area contributed by atoms with Crippen molar-refractivity contribution in [3.8, 4) is 0 Å². The number of carbonyl (C=O) groups excluding carboxylic acids is 1. The third-order valence-corrected chi connectivity index (χ3v) is 5.22. The van der Waals surface area contributed by atoms with Crippen LogP contribution >= 0.6 is 11.3 Å². The van der Waals surface area contributed by atoms with Gasteiger partial charge in [-0.3, -0.25) is 0 Å². The van der Waals surface area contributed by atoms with Crippen LogP contribution in [0.3, 0.4) is 0 Å². The van der Waals surface area contributed by atoms with Crippen LogP contribution in [0.5, 0.6) is 0 Å². The number of thiophene rings is 1. The number of benzene rings is 1. The summed E-state index contributed by atoms with van der Waals surface area (Å²) in [6, 6.07) is 1.14. The molecule has 160 valence electrons. The lowest BCUT2D eigenvalue weighted by atomic mass is 10.1. The van der Waals surface area contributed by atoms with Gasteiger partial charge in [-0.2, -0.15) is 26.3 Å². The van der Waals surface area contributed by atoms with E-state index in [1.54, 1.807) is 13.8 Å². The lowest BCUT2D eigenvalue weighted by Crippen LogP contribution is -2.11. The molecule has 2 aromatic heterocycles. The number of halogens is 6. The van der Waals surface area contributed by atoms with E-state index in [-0.39, 0.29) is 23.4 Å². The summed E-state index contributed by atoms with van der Waals surface area (Å²) in [5, 5.41) is 2.80. The van der Waals surface area contributed by atoms with Crippen LogP contribution in [0.1, 0.15) is 33.3 Å². The molecule has 0 spiro atoms. The molecule has 0 saturated heterocycles. The first kappa shape index (κ1) is 21.8. The molecule has 5 nitrogen and oxygen atoms in total. The van der Waals surface area contributed by atoms with Crippen molar-refractivity contribution in [1.82, 2.24) is 9.97 Å². The molecule has 0 amide bonds. The highest BCUT2D eigenvalue weighted by atomic mass is 32.1. The van der Waals surface area contributed by atoms with E-state index in [1.807, 2.05) is 0 Å². The van der Waals surface area contributed by atoms with Crippen molar-refractivity contribution in [2.75, 3.05) is 11.9 Å². The number of nitrogens with one attached hydrogen (secondary N) is 1. The molecule has 1 aromatic carbocycles. The van der Waals surface area contributed by atoms with Gasteiger partial charge in [0.2, 0.25) is 0 Å². The van der Waals surface area contributed by atoms with Crippen LogP contribution < -0.4 is 5.32 Å². The van der Waals surface area contributed by atoms with Gasteiger partial charge in [0.05, 0.1) is 23.1 Å². The van der Waals surface area contributed by atoms with Crippen molar-refractivity contribution in [1.29, 1.82) is 0 Å². The first-order valence-electron chi connectivity index (χ1n) is 8.39. The molecule has 1 N–H and O–H groups in total. The molecular weight excluding hydrogens is 436 g/mol. The first-order valence-corrected chi connectivity index (χ1v) is 9.21. The number of fused-ring (bicyclic) bond motifs is 1. The maximum atomic E-state index is 13.1. The normalized spacial score (nSPS) is 12.3. The number of hydrogen-bond acceptors (Lipinski definition) is 6. The van der Waals surface area contributed by atoms with Crippen LogP contribution in [0.25, 0.3) is 10.2 Å². The zero-order valence-corrected chi connectivity index (χ0v) is 16.2. The molecular formula is C18H13F6N3O2S. The van der Waals surface area contributed by atoms with Gasteiger partial charge in [0.25, 0.3) is 0 Å². The molecule has 0 radical (unpaired) electrons.